The molecule has 1 aliphatic rings. The van der Waals surface area contributed by atoms with Crippen LogP contribution in [0.5, 0.6) is 5.88 Å². The number of rotatable bonds is 6. The second-order valence-corrected chi connectivity index (χ2v) is 5.14. The second kappa shape index (κ2) is 6.06. The standard InChI is InChI=1S/C13H22N4O2/c1-3-4-19-13-11(14)12(15-8-16-13)17(2)7-9-5-10(18)6-9/h8-10,18H,3-7,14H2,1-2H3. The van der Waals surface area contributed by atoms with Crippen molar-refractivity contribution in [1.82, 2.24) is 9.97 Å². The van der Waals surface area contributed by atoms with Crippen LogP contribution in [0.15, 0.2) is 6.33 Å². The van der Waals surface area contributed by atoms with Gasteiger partial charge in [0, 0.05) is 13.6 Å². The van der Waals surface area contributed by atoms with E-state index >= 15 is 0 Å². The first-order chi connectivity index (χ1) is 9.11. The number of aromatic nitrogens is 2. The predicted molar refractivity (Wildman–Crippen MR) is 74.2 cm³/mol. The molecule has 0 aliphatic heterocycles. The molecular weight excluding hydrogens is 244 g/mol. The Morgan fingerprint density at radius 1 is 1.47 bits per heavy atom. The van der Waals surface area contributed by atoms with Gasteiger partial charge in [0.05, 0.1) is 12.7 Å². The summed E-state index contributed by atoms with van der Waals surface area (Å²) in [7, 11) is 1.95. The molecular formula is C13H22N4O2. The molecule has 0 spiro atoms. The van der Waals surface area contributed by atoms with Gasteiger partial charge in [-0.15, -0.1) is 0 Å². The first-order valence-corrected chi connectivity index (χ1v) is 6.74. The minimum atomic E-state index is -0.135. The fourth-order valence-corrected chi connectivity index (χ4v) is 2.31. The number of nitrogen functional groups attached to an aromatic ring is 1. The van der Waals surface area contributed by atoms with E-state index < -0.39 is 0 Å². The summed E-state index contributed by atoms with van der Waals surface area (Å²) in [5, 5.41) is 9.31. The zero-order valence-corrected chi connectivity index (χ0v) is 11.5. The summed E-state index contributed by atoms with van der Waals surface area (Å²) in [5.74, 6) is 1.66. The van der Waals surface area contributed by atoms with Crippen LogP contribution >= 0.6 is 0 Å². The lowest BCUT2D eigenvalue weighted by Gasteiger charge is -2.35. The van der Waals surface area contributed by atoms with Crippen LogP contribution < -0.4 is 15.4 Å². The highest BCUT2D eigenvalue weighted by Crippen LogP contribution is 2.32. The molecule has 1 heterocycles. The van der Waals surface area contributed by atoms with E-state index in [0.29, 0.717) is 29.9 Å². The van der Waals surface area contributed by atoms with Gasteiger partial charge in [-0.05, 0) is 25.2 Å². The summed E-state index contributed by atoms with van der Waals surface area (Å²) in [6.07, 6.45) is 3.96. The van der Waals surface area contributed by atoms with Gasteiger partial charge in [-0.25, -0.2) is 4.98 Å². The zero-order valence-electron chi connectivity index (χ0n) is 11.5. The highest BCUT2D eigenvalue weighted by atomic mass is 16.5. The average molecular weight is 266 g/mol. The van der Waals surface area contributed by atoms with E-state index in [1.165, 1.54) is 6.33 Å². The van der Waals surface area contributed by atoms with Crippen molar-refractivity contribution in [2.24, 2.45) is 5.92 Å². The Hall–Kier alpha value is -1.56. The fraction of sp³-hybridized carbons (Fsp3) is 0.692. The maximum absolute atomic E-state index is 9.31. The molecule has 0 saturated heterocycles. The molecule has 1 aliphatic carbocycles. The van der Waals surface area contributed by atoms with Gasteiger partial charge in [0.15, 0.2) is 5.82 Å². The van der Waals surface area contributed by atoms with Crippen LogP contribution in [0.25, 0.3) is 0 Å². The molecule has 19 heavy (non-hydrogen) atoms. The van der Waals surface area contributed by atoms with Crippen molar-refractivity contribution in [3.63, 3.8) is 0 Å². The lowest BCUT2D eigenvalue weighted by molar-refractivity contribution is 0.0464. The van der Waals surface area contributed by atoms with E-state index in [4.69, 9.17) is 10.5 Å². The van der Waals surface area contributed by atoms with Gasteiger partial charge in [-0.1, -0.05) is 6.92 Å². The largest absolute Gasteiger partial charge is 0.476 e. The summed E-state index contributed by atoms with van der Waals surface area (Å²) in [5.41, 5.74) is 6.53. The van der Waals surface area contributed by atoms with Crippen molar-refractivity contribution in [2.75, 3.05) is 30.8 Å². The highest BCUT2D eigenvalue weighted by Gasteiger charge is 2.28. The van der Waals surface area contributed by atoms with Crippen molar-refractivity contribution in [1.29, 1.82) is 0 Å². The summed E-state index contributed by atoms with van der Waals surface area (Å²) in [6, 6.07) is 0. The molecule has 1 saturated carbocycles. The molecule has 0 amide bonds. The minimum Gasteiger partial charge on any atom is -0.476 e. The van der Waals surface area contributed by atoms with E-state index in [9.17, 15) is 5.11 Å². The number of aliphatic hydroxyl groups is 1. The molecule has 2 rings (SSSR count). The smallest absolute Gasteiger partial charge is 0.242 e. The Kier molecular flexibility index (Phi) is 4.42. The summed E-state index contributed by atoms with van der Waals surface area (Å²) in [6.45, 7) is 3.47. The molecule has 1 fully saturated rings. The van der Waals surface area contributed by atoms with Crippen molar-refractivity contribution >= 4 is 11.5 Å². The van der Waals surface area contributed by atoms with Crippen LogP contribution in [0.4, 0.5) is 11.5 Å². The molecule has 0 radical (unpaired) electrons. The molecule has 0 atom stereocenters. The minimum absolute atomic E-state index is 0.135. The molecule has 3 N–H and O–H groups in total. The topological polar surface area (TPSA) is 84.5 Å². The Labute approximate surface area is 113 Å². The Morgan fingerprint density at radius 3 is 2.84 bits per heavy atom. The van der Waals surface area contributed by atoms with Gasteiger partial charge >= 0.3 is 0 Å². The summed E-state index contributed by atoms with van der Waals surface area (Å²) in [4.78, 5) is 10.3. The maximum Gasteiger partial charge on any atom is 0.242 e. The van der Waals surface area contributed by atoms with Crippen LogP contribution in [-0.4, -0.2) is 41.4 Å². The lowest BCUT2D eigenvalue weighted by atomic mass is 9.82. The molecule has 0 bridgehead atoms. The molecule has 6 heteroatoms. The number of nitrogens with zero attached hydrogens (tertiary/aromatic N) is 3. The van der Waals surface area contributed by atoms with Gasteiger partial charge in [0.2, 0.25) is 5.88 Å². The lowest BCUT2D eigenvalue weighted by Crippen LogP contribution is -2.37. The van der Waals surface area contributed by atoms with Crippen molar-refractivity contribution in [3.8, 4) is 5.88 Å². The van der Waals surface area contributed by atoms with Gasteiger partial charge in [-0.3, -0.25) is 0 Å². The van der Waals surface area contributed by atoms with E-state index in [2.05, 4.69) is 9.97 Å². The molecule has 106 valence electrons. The van der Waals surface area contributed by atoms with Crippen molar-refractivity contribution in [3.05, 3.63) is 6.33 Å². The van der Waals surface area contributed by atoms with Crippen molar-refractivity contribution < 1.29 is 9.84 Å². The third-order valence-electron chi connectivity index (χ3n) is 3.37. The van der Waals surface area contributed by atoms with E-state index in [1.54, 1.807) is 0 Å². The second-order valence-electron chi connectivity index (χ2n) is 5.14. The molecule has 1 aromatic rings. The van der Waals surface area contributed by atoms with Crippen LogP contribution in [0.1, 0.15) is 26.2 Å². The van der Waals surface area contributed by atoms with E-state index in [1.807, 2.05) is 18.9 Å². The Morgan fingerprint density at radius 2 is 2.21 bits per heavy atom. The molecule has 6 nitrogen and oxygen atoms in total. The first kappa shape index (κ1) is 13.9. The van der Waals surface area contributed by atoms with E-state index in [0.717, 1.165) is 25.8 Å². The van der Waals surface area contributed by atoms with Crippen LogP contribution in [0.2, 0.25) is 0 Å². The number of hydrogen-bond donors (Lipinski definition) is 2. The quantitative estimate of drug-likeness (QED) is 0.800. The van der Waals surface area contributed by atoms with Crippen LogP contribution in [-0.2, 0) is 0 Å². The summed E-state index contributed by atoms with van der Waals surface area (Å²) < 4.78 is 5.50. The van der Waals surface area contributed by atoms with Crippen molar-refractivity contribution in [2.45, 2.75) is 32.3 Å². The number of hydrogen-bond acceptors (Lipinski definition) is 6. The highest BCUT2D eigenvalue weighted by molar-refractivity contribution is 5.67. The average Bonchev–Trinajstić information content (AvgIpc) is 2.35. The van der Waals surface area contributed by atoms with Gasteiger partial charge in [0.1, 0.15) is 12.0 Å². The predicted octanol–water partition coefficient (Wildman–Crippen LogP) is 1.05. The van der Waals surface area contributed by atoms with Crippen LogP contribution in [0, 0.1) is 5.92 Å². The maximum atomic E-state index is 9.31. The third kappa shape index (κ3) is 3.26. The van der Waals surface area contributed by atoms with Crippen LogP contribution in [0.3, 0.4) is 0 Å². The molecule has 0 aromatic carbocycles. The van der Waals surface area contributed by atoms with Gasteiger partial charge in [-0.2, -0.15) is 4.98 Å². The third-order valence-corrected chi connectivity index (χ3v) is 3.37. The fourth-order valence-electron chi connectivity index (χ4n) is 2.31. The molecule has 0 unspecified atom stereocenters. The monoisotopic (exact) mass is 266 g/mol. The Bertz CT molecular complexity index is 421. The number of anilines is 2. The Balaban J connectivity index is 2.02. The number of nitrogens with two attached hydrogens (primary N) is 1. The zero-order chi connectivity index (χ0) is 13.8. The summed E-state index contributed by atoms with van der Waals surface area (Å²) >= 11 is 0. The molecule has 1 aromatic heterocycles. The van der Waals surface area contributed by atoms with Gasteiger partial charge < -0.3 is 20.5 Å². The number of ether oxygens (including phenoxy) is 1. The normalized spacial score (nSPS) is 21.8. The van der Waals surface area contributed by atoms with E-state index in [-0.39, 0.29) is 6.10 Å². The first-order valence-electron chi connectivity index (χ1n) is 6.74. The number of aliphatic hydroxyl groups excluding tert-OH is 1. The SMILES string of the molecule is CCCOc1ncnc(N(C)CC2CC(O)C2)c1N. The van der Waals surface area contributed by atoms with Gasteiger partial charge in [0.25, 0.3) is 0 Å².